The molecule has 1 radical (unpaired) electrons. The first-order valence-electron chi connectivity index (χ1n) is 7.13. The molecule has 0 aliphatic heterocycles. The third kappa shape index (κ3) is 9.18. The Balaban J connectivity index is 0.000000372. The second-order valence-corrected chi connectivity index (χ2v) is 5.61. The van der Waals surface area contributed by atoms with Crippen molar-refractivity contribution in [1.29, 1.82) is 0 Å². The first kappa shape index (κ1) is 23.8. The van der Waals surface area contributed by atoms with Gasteiger partial charge in [0.05, 0.1) is 24.3 Å². The van der Waals surface area contributed by atoms with E-state index >= 15 is 0 Å². The fraction of sp³-hybridized carbons (Fsp3) is 0.286. The molecular formula is C14H16CuN8O4. The normalized spacial score (nSPS) is 9.59. The van der Waals surface area contributed by atoms with Crippen LogP contribution < -0.4 is 10.2 Å². The molecule has 0 fully saturated rings. The van der Waals surface area contributed by atoms with Gasteiger partial charge >= 0.3 is 17.1 Å². The third-order valence-corrected chi connectivity index (χ3v) is 2.48. The minimum Gasteiger partial charge on any atom is -0.543 e. The van der Waals surface area contributed by atoms with Gasteiger partial charge < -0.3 is 19.8 Å². The molecule has 0 saturated carbocycles. The summed E-state index contributed by atoms with van der Waals surface area (Å²) in [6.45, 7) is 6.30. The molecule has 0 aliphatic rings. The van der Waals surface area contributed by atoms with Crippen molar-refractivity contribution < 1.29 is 36.9 Å². The van der Waals surface area contributed by atoms with E-state index in [1.165, 1.54) is 0 Å². The number of H-pyrrole nitrogens is 2. The zero-order valence-corrected chi connectivity index (χ0v) is 15.4. The molecule has 3 heterocycles. The van der Waals surface area contributed by atoms with Crippen LogP contribution in [0.5, 0.6) is 0 Å². The number of aromatic nitrogens is 8. The van der Waals surface area contributed by atoms with Crippen LogP contribution >= 0.6 is 0 Å². The summed E-state index contributed by atoms with van der Waals surface area (Å²) < 4.78 is 0. The number of hydrogen-bond acceptors (Lipinski definition) is 10. The quantitative estimate of drug-likeness (QED) is 0.440. The molecular weight excluding hydrogens is 408 g/mol. The van der Waals surface area contributed by atoms with E-state index < -0.39 is 11.9 Å². The summed E-state index contributed by atoms with van der Waals surface area (Å²) in [5, 5.41) is 36.8. The molecule has 3 rings (SSSR count). The van der Waals surface area contributed by atoms with Crippen molar-refractivity contribution in [2.24, 2.45) is 0 Å². The Morgan fingerprint density at radius 3 is 1.48 bits per heavy atom. The van der Waals surface area contributed by atoms with Crippen molar-refractivity contribution in [3.05, 3.63) is 48.1 Å². The molecule has 0 spiro atoms. The molecule has 0 unspecified atom stereocenters. The zero-order valence-electron chi connectivity index (χ0n) is 14.5. The van der Waals surface area contributed by atoms with Crippen LogP contribution in [0, 0.1) is 0 Å². The summed E-state index contributed by atoms with van der Waals surface area (Å²) in [7, 11) is 0. The van der Waals surface area contributed by atoms with Crippen molar-refractivity contribution in [3.8, 4) is 0 Å². The van der Waals surface area contributed by atoms with Gasteiger partial charge in [-0.2, -0.15) is 30.8 Å². The molecule has 0 atom stereocenters. The van der Waals surface area contributed by atoms with Gasteiger partial charge in [0.15, 0.2) is 0 Å². The van der Waals surface area contributed by atoms with E-state index in [0.29, 0.717) is 0 Å². The predicted molar refractivity (Wildman–Crippen MR) is 82.2 cm³/mol. The van der Waals surface area contributed by atoms with Crippen molar-refractivity contribution in [2.45, 2.75) is 26.2 Å². The molecule has 3 aromatic heterocycles. The van der Waals surface area contributed by atoms with Crippen molar-refractivity contribution in [3.63, 3.8) is 0 Å². The Bertz CT molecular complexity index is 744. The Morgan fingerprint density at radius 1 is 0.889 bits per heavy atom. The maximum atomic E-state index is 9.83. The number of hydrogen-bond donors (Lipinski definition) is 2. The van der Waals surface area contributed by atoms with E-state index in [1.54, 1.807) is 12.4 Å². The minimum atomic E-state index is -1.32. The predicted octanol–water partition coefficient (Wildman–Crippen LogP) is -1.89. The van der Waals surface area contributed by atoms with Crippen LogP contribution in [0.25, 0.3) is 0 Å². The van der Waals surface area contributed by atoms with E-state index in [2.05, 4.69) is 61.6 Å². The van der Waals surface area contributed by atoms with E-state index in [4.69, 9.17) is 0 Å². The van der Waals surface area contributed by atoms with E-state index in [9.17, 15) is 19.8 Å². The Labute approximate surface area is 164 Å². The summed E-state index contributed by atoms with van der Waals surface area (Å²) >= 11 is 0. The monoisotopic (exact) mass is 423 g/mol. The van der Waals surface area contributed by atoms with Gasteiger partial charge in [0.25, 0.3) is 0 Å². The summed E-state index contributed by atoms with van der Waals surface area (Å²) in [5.41, 5.74) is -0.281. The number of carboxylic acids is 2. The molecule has 0 amide bonds. The molecule has 147 valence electrons. The van der Waals surface area contributed by atoms with Gasteiger partial charge in [-0.25, -0.2) is 9.97 Å². The van der Waals surface area contributed by atoms with Gasteiger partial charge in [-0.15, -0.1) is 0 Å². The topological polar surface area (TPSA) is 189 Å². The molecule has 12 nitrogen and oxygen atoms in total. The number of nitrogens with one attached hydrogen (secondary N) is 2. The van der Waals surface area contributed by atoms with Gasteiger partial charge in [0, 0.05) is 17.8 Å². The molecule has 0 aliphatic carbocycles. The van der Waals surface area contributed by atoms with Gasteiger partial charge in [0.2, 0.25) is 0 Å². The van der Waals surface area contributed by atoms with Gasteiger partial charge in [-0.1, -0.05) is 20.8 Å². The number of aromatic amines is 2. The Hall–Kier alpha value is -3.18. The van der Waals surface area contributed by atoms with E-state index in [1.807, 2.05) is 6.07 Å². The second-order valence-electron chi connectivity index (χ2n) is 5.61. The molecule has 0 bridgehead atoms. The SMILES string of the molecule is CC(C)(C)c1ncccn1.O=C([O-])c1cn[nH]n1.O=C([O-])c1cn[nH]n1.[Cu+2]. The maximum Gasteiger partial charge on any atom is 2.00 e. The maximum absolute atomic E-state index is 9.83. The number of carboxylic acid groups (broad SMARTS) is 2. The molecule has 0 saturated heterocycles. The largest absolute Gasteiger partial charge is 2.00 e. The second kappa shape index (κ2) is 11.4. The summed E-state index contributed by atoms with van der Waals surface area (Å²) in [6, 6.07) is 1.83. The van der Waals surface area contributed by atoms with Crippen molar-refractivity contribution in [2.75, 3.05) is 0 Å². The number of carbonyl (C=O) groups excluding carboxylic acids is 2. The fourth-order valence-electron chi connectivity index (χ4n) is 1.29. The molecule has 2 N–H and O–H groups in total. The third-order valence-electron chi connectivity index (χ3n) is 2.48. The van der Waals surface area contributed by atoms with Crippen molar-refractivity contribution >= 4 is 11.9 Å². The van der Waals surface area contributed by atoms with Crippen LogP contribution in [0.3, 0.4) is 0 Å². The average molecular weight is 424 g/mol. The zero-order chi connectivity index (χ0) is 19.6. The van der Waals surface area contributed by atoms with Gasteiger partial charge in [-0.05, 0) is 6.07 Å². The standard InChI is InChI=1S/C8H12N2.2C3H3N3O2.Cu/c1-8(2,3)7-9-5-4-6-10-7;2*7-3(8)2-1-4-6-5-2;/h4-6H,1-3H3;2*1H,(H,7,8)(H,4,5,6);/q;;;+2/p-2. The molecule has 27 heavy (non-hydrogen) atoms. The number of aromatic carboxylic acids is 2. The first-order chi connectivity index (χ1) is 12.2. The van der Waals surface area contributed by atoms with E-state index in [-0.39, 0.29) is 33.9 Å². The van der Waals surface area contributed by atoms with Crippen LogP contribution in [0.15, 0.2) is 30.9 Å². The van der Waals surface area contributed by atoms with Crippen molar-refractivity contribution in [1.82, 2.24) is 40.8 Å². The fourth-order valence-corrected chi connectivity index (χ4v) is 1.29. The minimum absolute atomic E-state index is 0. The molecule has 3 aromatic rings. The molecule has 0 aromatic carbocycles. The van der Waals surface area contributed by atoms with Crippen LogP contribution in [-0.2, 0) is 22.5 Å². The molecule has 13 heteroatoms. The van der Waals surface area contributed by atoms with Crippen LogP contribution in [0.1, 0.15) is 47.6 Å². The number of carbonyl (C=O) groups is 2. The Morgan fingerprint density at radius 2 is 1.30 bits per heavy atom. The van der Waals surface area contributed by atoms with Crippen LogP contribution in [-0.4, -0.2) is 52.7 Å². The Kier molecular flexibility index (Phi) is 10.1. The van der Waals surface area contributed by atoms with Gasteiger partial charge in [0.1, 0.15) is 17.2 Å². The summed E-state index contributed by atoms with van der Waals surface area (Å²) in [6.07, 6.45) is 5.70. The van der Waals surface area contributed by atoms with Crippen LogP contribution in [0.4, 0.5) is 0 Å². The number of rotatable bonds is 2. The van der Waals surface area contributed by atoms with E-state index in [0.717, 1.165) is 18.2 Å². The number of nitrogens with zero attached hydrogens (tertiary/aromatic N) is 6. The summed E-state index contributed by atoms with van der Waals surface area (Å²) in [4.78, 5) is 27.9. The summed E-state index contributed by atoms with van der Waals surface area (Å²) in [5.74, 6) is -1.74. The average Bonchev–Trinajstić information content (AvgIpc) is 3.30. The van der Waals surface area contributed by atoms with Crippen LogP contribution in [0.2, 0.25) is 0 Å². The smallest absolute Gasteiger partial charge is 0.543 e. The first-order valence-corrected chi connectivity index (χ1v) is 7.13. The van der Waals surface area contributed by atoms with Gasteiger partial charge in [-0.3, -0.25) is 0 Å².